The van der Waals surface area contributed by atoms with E-state index in [9.17, 15) is 5.11 Å². The van der Waals surface area contributed by atoms with Gasteiger partial charge in [0.15, 0.2) is 0 Å². The number of hydrogen-bond donors (Lipinski definition) is 2. The van der Waals surface area contributed by atoms with Gasteiger partial charge in [0.1, 0.15) is 5.75 Å². The Balaban J connectivity index is 2.66. The third-order valence-electron chi connectivity index (χ3n) is 3.47. The van der Waals surface area contributed by atoms with Gasteiger partial charge >= 0.3 is 0 Å². The van der Waals surface area contributed by atoms with Gasteiger partial charge in [0, 0.05) is 17.6 Å². The quantitative estimate of drug-likeness (QED) is 0.722. The van der Waals surface area contributed by atoms with Gasteiger partial charge in [-0.05, 0) is 36.9 Å². The summed E-state index contributed by atoms with van der Waals surface area (Å²) in [6.45, 7) is 8.29. The molecule has 2 N–H and O–H groups in total. The molecule has 0 bridgehead atoms. The van der Waals surface area contributed by atoms with Gasteiger partial charge in [0.05, 0.1) is 19.8 Å². The van der Waals surface area contributed by atoms with Crippen molar-refractivity contribution in [1.82, 2.24) is 10.2 Å². The van der Waals surface area contributed by atoms with Gasteiger partial charge in [-0.3, -0.25) is 0 Å². The van der Waals surface area contributed by atoms with Crippen LogP contribution in [0.1, 0.15) is 25.5 Å². The highest BCUT2D eigenvalue weighted by Gasteiger charge is 2.14. The summed E-state index contributed by atoms with van der Waals surface area (Å²) in [5.41, 5.74) is 1.02. The number of likely N-dealkylation sites (N-methyl/N-ethyl adjacent to an activating group) is 1. The zero-order valence-electron chi connectivity index (χ0n) is 12.5. The monoisotopic (exact) mass is 344 g/mol. The van der Waals surface area contributed by atoms with Gasteiger partial charge in [-0.25, -0.2) is 0 Å². The Morgan fingerprint density at radius 2 is 2.05 bits per heavy atom. The molecule has 0 heterocycles. The van der Waals surface area contributed by atoms with E-state index in [0.29, 0.717) is 0 Å². The maximum absolute atomic E-state index is 9.61. The number of rotatable bonds is 9. The van der Waals surface area contributed by atoms with E-state index in [1.165, 1.54) is 0 Å². The van der Waals surface area contributed by atoms with Crippen LogP contribution in [0.5, 0.6) is 5.75 Å². The molecule has 0 radical (unpaired) electrons. The molecule has 0 amide bonds. The fourth-order valence-corrected chi connectivity index (χ4v) is 2.65. The minimum Gasteiger partial charge on any atom is -0.497 e. The number of aliphatic hydroxyl groups is 1. The highest BCUT2D eigenvalue weighted by Crippen LogP contribution is 2.27. The Morgan fingerprint density at radius 1 is 1.35 bits per heavy atom. The lowest BCUT2D eigenvalue weighted by Gasteiger charge is -2.22. The lowest BCUT2D eigenvalue weighted by Crippen LogP contribution is -2.34. The topological polar surface area (TPSA) is 44.7 Å². The summed E-state index contributed by atoms with van der Waals surface area (Å²) in [5, 5.41) is 13.0. The predicted molar refractivity (Wildman–Crippen MR) is 86.3 cm³/mol. The summed E-state index contributed by atoms with van der Waals surface area (Å²) in [4.78, 5) is 2.35. The third kappa shape index (κ3) is 5.05. The first kappa shape index (κ1) is 17.4. The number of ether oxygens (including phenoxy) is 1. The second-order valence-corrected chi connectivity index (χ2v) is 5.46. The molecule has 114 valence electrons. The molecule has 1 aromatic rings. The molecule has 0 saturated carbocycles. The molecule has 4 nitrogen and oxygen atoms in total. The van der Waals surface area contributed by atoms with Gasteiger partial charge < -0.3 is 20.1 Å². The summed E-state index contributed by atoms with van der Waals surface area (Å²) < 4.78 is 6.22. The smallest absolute Gasteiger partial charge is 0.119 e. The van der Waals surface area contributed by atoms with E-state index in [-0.39, 0.29) is 12.6 Å². The molecule has 0 saturated heterocycles. The molecular weight excluding hydrogens is 320 g/mol. The highest BCUT2D eigenvalue weighted by atomic mass is 79.9. The minimum atomic E-state index is -0.0879. The predicted octanol–water partition coefficient (Wildman–Crippen LogP) is 2.42. The molecule has 0 aliphatic carbocycles. The molecule has 20 heavy (non-hydrogen) atoms. The number of nitrogens with zero attached hydrogens (tertiary/aromatic N) is 1. The van der Waals surface area contributed by atoms with Crippen LogP contribution in [-0.4, -0.2) is 49.9 Å². The number of methoxy groups -OCH3 is 1. The summed E-state index contributed by atoms with van der Waals surface area (Å²) >= 11 is 3.53. The van der Waals surface area contributed by atoms with E-state index in [2.05, 4.69) is 40.0 Å². The lowest BCUT2D eigenvalue weighted by molar-refractivity contribution is 0.233. The van der Waals surface area contributed by atoms with E-state index in [1.54, 1.807) is 7.11 Å². The van der Waals surface area contributed by atoms with Crippen molar-refractivity contribution in [3.8, 4) is 5.75 Å². The second kappa shape index (κ2) is 9.34. The van der Waals surface area contributed by atoms with E-state index < -0.39 is 0 Å². The van der Waals surface area contributed by atoms with Crippen molar-refractivity contribution in [2.75, 3.05) is 39.9 Å². The number of aliphatic hydroxyl groups excluding tert-OH is 1. The number of nitrogens with one attached hydrogen (secondary N) is 1. The van der Waals surface area contributed by atoms with Crippen molar-refractivity contribution in [3.05, 3.63) is 28.2 Å². The highest BCUT2D eigenvalue weighted by molar-refractivity contribution is 9.10. The molecule has 0 fully saturated rings. The molecule has 0 spiro atoms. The van der Waals surface area contributed by atoms with Crippen molar-refractivity contribution in [3.63, 3.8) is 0 Å². The van der Waals surface area contributed by atoms with Crippen LogP contribution in [0.4, 0.5) is 0 Å². The number of hydrogen-bond acceptors (Lipinski definition) is 4. The third-order valence-corrected chi connectivity index (χ3v) is 4.20. The maximum Gasteiger partial charge on any atom is 0.119 e. The Kier molecular flexibility index (Phi) is 8.14. The van der Waals surface area contributed by atoms with Crippen molar-refractivity contribution < 1.29 is 9.84 Å². The average Bonchev–Trinajstić information content (AvgIpc) is 2.49. The lowest BCUT2D eigenvalue weighted by atomic mass is 10.1. The number of halogens is 1. The normalized spacial score (nSPS) is 12.7. The zero-order valence-corrected chi connectivity index (χ0v) is 14.1. The van der Waals surface area contributed by atoms with Gasteiger partial charge in [0.25, 0.3) is 0 Å². The van der Waals surface area contributed by atoms with Gasteiger partial charge in [-0.15, -0.1) is 0 Å². The minimum absolute atomic E-state index is 0.0595. The van der Waals surface area contributed by atoms with Crippen LogP contribution in [0, 0.1) is 0 Å². The van der Waals surface area contributed by atoms with E-state index in [0.717, 1.165) is 42.0 Å². The Labute approximate surface area is 130 Å². The molecule has 0 aliphatic heterocycles. The average molecular weight is 345 g/mol. The molecule has 0 aromatic heterocycles. The zero-order chi connectivity index (χ0) is 15.0. The summed E-state index contributed by atoms with van der Waals surface area (Å²) in [7, 11) is 1.65. The molecule has 0 aliphatic rings. The molecule has 1 unspecified atom stereocenters. The first-order valence-corrected chi connectivity index (χ1v) is 7.85. The summed E-state index contributed by atoms with van der Waals surface area (Å²) in [6.07, 6.45) is 0. The van der Waals surface area contributed by atoms with Crippen LogP contribution in [0.15, 0.2) is 22.7 Å². The van der Waals surface area contributed by atoms with Gasteiger partial charge in [-0.2, -0.15) is 0 Å². The second-order valence-electron chi connectivity index (χ2n) is 4.60. The van der Waals surface area contributed by atoms with Crippen LogP contribution < -0.4 is 10.1 Å². The van der Waals surface area contributed by atoms with Crippen molar-refractivity contribution in [2.45, 2.75) is 19.9 Å². The Bertz CT molecular complexity index is 397. The van der Waals surface area contributed by atoms with E-state index in [1.807, 2.05) is 18.2 Å². The van der Waals surface area contributed by atoms with Crippen molar-refractivity contribution in [1.29, 1.82) is 0 Å². The summed E-state index contributed by atoms with van der Waals surface area (Å²) in [6, 6.07) is 5.71. The number of benzene rings is 1. The van der Waals surface area contributed by atoms with Gasteiger partial charge in [-0.1, -0.05) is 29.8 Å². The Morgan fingerprint density at radius 3 is 2.60 bits per heavy atom. The fourth-order valence-electron chi connectivity index (χ4n) is 2.13. The van der Waals surface area contributed by atoms with Gasteiger partial charge in [0.2, 0.25) is 0 Å². The molecule has 1 rings (SSSR count). The molecule has 5 heteroatoms. The van der Waals surface area contributed by atoms with Crippen LogP contribution in [0.2, 0.25) is 0 Å². The van der Waals surface area contributed by atoms with Crippen molar-refractivity contribution >= 4 is 15.9 Å². The van der Waals surface area contributed by atoms with Crippen LogP contribution in [0.3, 0.4) is 0 Å². The van der Waals surface area contributed by atoms with Crippen molar-refractivity contribution in [2.24, 2.45) is 0 Å². The van der Waals surface area contributed by atoms with Crippen LogP contribution in [0.25, 0.3) is 0 Å². The van der Waals surface area contributed by atoms with E-state index >= 15 is 0 Å². The largest absolute Gasteiger partial charge is 0.497 e. The van der Waals surface area contributed by atoms with E-state index in [4.69, 9.17) is 4.74 Å². The molecular formula is C15H25BrN2O2. The Hall–Kier alpha value is -0.620. The van der Waals surface area contributed by atoms with Crippen LogP contribution >= 0.6 is 15.9 Å². The SMILES string of the molecule is CCN(CC)CCNC(CO)c1cc(OC)ccc1Br. The maximum atomic E-state index is 9.61. The first-order valence-electron chi connectivity index (χ1n) is 7.06. The molecule has 1 aromatic carbocycles. The standard InChI is InChI=1S/C15H25BrN2O2/c1-4-18(5-2)9-8-17-15(11-19)13-10-12(20-3)6-7-14(13)16/h6-7,10,15,17,19H,4-5,8-9,11H2,1-3H3. The fraction of sp³-hybridized carbons (Fsp3) is 0.600. The first-order chi connectivity index (χ1) is 9.65. The van der Waals surface area contributed by atoms with Crippen LogP contribution in [-0.2, 0) is 0 Å². The molecule has 1 atom stereocenters. The summed E-state index contributed by atoms with van der Waals surface area (Å²) in [5.74, 6) is 0.798.